The van der Waals surface area contributed by atoms with E-state index in [0.29, 0.717) is 0 Å². The Kier molecular flexibility index (Phi) is 3.08. The molecule has 1 aliphatic rings. The van der Waals surface area contributed by atoms with Crippen molar-refractivity contribution < 1.29 is 14.8 Å². The molecule has 20 heavy (non-hydrogen) atoms. The van der Waals surface area contributed by atoms with Crippen LogP contribution < -0.4 is 0 Å². The van der Waals surface area contributed by atoms with Crippen molar-refractivity contribution >= 4 is 23.6 Å². The molecule has 0 bridgehead atoms. The van der Waals surface area contributed by atoms with Gasteiger partial charge in [-0.3, -0.25) is 14.8 Å². The van der Waals surface area contributed by atoms with Gasteiger partial charge in [0, 0.05) is 9.79 Å². The Morgan fingerprint density at radius 2 is 1.50 bits per heavy atom. The second-order valence-corrected chi connectivity index (χ2v) is 5.69. The molecule has 1 N–H and O–H groups in total. The molecule has 0 radical (unpaired) electrons. The number of carbonyl (C=O) groups excluding carboxylic acids is 2. The summed E-state index contributed by atoms with van der Waals surface area (Å²) in [6.45, 7) is 2.02. The van der Waals surface area contributed by atoms with Gasteiger partial charge in [0.05, 0.1) is 11.1 Å². The van der Waals surface area contributed by atoms with E-state index in [-0.39, 0.29) is 16.2 Å². The summed E-state index contributed by atoms with van der Waals surface area (Å²) in [5.74, 6) is -1.34. The van der Waals surface area contributed by atoms with E-state index in [2.05, 4.69) is 0 Å². The molecule has 2 aromatic carbocycles. The summed E-state index contributed by atoms with van der Waals surface area (Å²) in [7, 11) is 0. The number of hydroxylamine groups is 2. The SMILES string of the molecule is Cc1ccc(Sc2ccc3c(c2)C(=O)N(O)C3=O)cc1. The maximum absolute atomic E-state index is 11.7. The van der Waals surface area contributed by atoms with Gasteiger partial charge in [-0.15, -0.1) is 5.06 Å². The van der Waals surface area contributed by atoms with Gasteiger partial charge < -0.3 is 0 Å². The number of hydrogen-bond donors (Lipinski definition) is 1. The second-order valence-electron chi connectivity index (χ2n) is 4.54. The Labute approximate surface area is 120 Å². The standard InChI is InChI=1S/C15H11NO3S/c1-9-2-4-10(5-3-9)20-11-6-7-12-13(8-11)15(18)16(19)14(12)17/h2-8,19H,1H3. The fourth-order valence-corrected chi connectivity index (χ4v) is 2.87. The zero-order chi connectivity index (χ0) is 14.3. The lowest BCUT2D eigenvalue weighted by atomic mass is 10.1. The third-order valence-corrected chi connectivity index (χ3v) is 4.09. The number of aryl methyl sites for hydroxylation is 1. The number of benzene rings is 2. The summed E-state index contributed by atoms with van der Waals surface area (Å²) in [5.41, 5.74) is 1.67. The molecular weight excluding hydrogens is 274 g/mol. The van der Waals surface area contributed by atoms with Gasteiger partial charge in [0.15, 0.2) is 0 Å². The van der Waals surface area contributed by atoms with Crippen LogP contribution in [0, 0.1) is 6.92 Å². The first-order valence-corrected chi connectivity index (χ1v) is 6.84. The Bertz CT molecular complexity index is 710. The van der Waals surface area contributed by atoms with Crippen LogP contribution in [-0.4, -0.2) is 22.1 Å². The Morgan fingerprint density at radius 1 is 0.900 bits per heavy atom. The van der Waals surface area contributed by atoms with Crippen LogP contribution in [0.5, 0.6) is 0 Å². The van der Waals surface area contributed by atoms with Crippen LogP contribution in [0.4, 0.5) is 0 Å². The maximum Gasteiger partial charge on any atom is 0.285 e. The van der Waals surface area contributed by atoms with E-state index in [1.807, 2.05) is 31.2 Å². The molecule has 0 aromatic heterocycles. The molecule has 0 aliphatic carbocycles. The molecule has 5 heteroatoms. The first-order chi connectivity index (χ1) is 9.56. The van der Waals surface area contributed by atoms with Crippen LogP contribution in [0.3, 0.4) is 0 Å². The zero-order valence-electron chi connectivity index (χ0n) is 10.7. The van der Waals surface area contributed by atoms with Crippen molar-refractivity contribution in [3.05, 3.63) is 59.2 Å². The van der Waals surface area contributed by atoms with E-state index >= 15 is 0 Å². The average molecular weight is 285 g/mol. The van der Waals surface area contributed by atoms with Crippen molar-refractivity contribution in [3.63, 3.8) is 0 Å². The molecular formula is C15H11NO3S. The van der Waals surface area contributed by atoms with Crippen molar-refractivity contribution in [1.82, 2.24) is 5.06 Å². The summed E-state index contributed by atoms with van der Waals surface area (Å²) in [6, 6.07) is 13.0. The molecule has 0 spiro atoms. The van der Waals surface area contributed by atoms with Crippen LogP contribution in [0.15, 0.2) is 52.3 Å². The Balaban J connectivity index is 1.92. The fourth-order valence-electron chi connectivity index (χ4n) is 2.01. The van der Waals surface area contributed by atoms with E-state index in [1.54, 1.807) is 18.2 Å². The van der Waals surface area contributed by atoms with Gasteiger partial charge in [-0.25, -0.2) is 0 Å². The van der Waals surface area contributed by atoms with Crippen LogP contribution in [0.2, 0.25) is 0 Å². The van der Waals surface area contributed by atoms with E-state index in [0.717, 1.165) is 9.79 Å². The van der Waals surface area contributed by atoms with Crippen LogP contribution in [0.1, 0.15) is 26.3 Å². The minimum absolute atomic E-state index is 0.158. The van der Waals surface area contributed by atoms with Gasteiger partial charge in [-0.05, 0) is 37.3 Å². The lowest BCUT2D eigenvalue weighted by Crippen LogP contribution is -2.25. The van der Waals surface area contributed by atoms with E-state index in [9.17, 15) is 14.8 Å². The average Bonchev–Trinajstić information content (AvgIpc) is 2.66. The normalized spacial score (nSPS) is 13.8. The monoisotopic (exact) mass is 285 g/mol. The summed E-state index contributed by atoms with van der Waals surface area (Å²) in [6.07, 6.45) is 0. The lowest BCUT2D eigenvalue weighted by molar-refractivity contribution is -0.0327. The number of carbonyl (C=O) groups is 2. The van der Waals surface area contributed by atoms with E-state index in [1.165, 1.54) is 17.3 Å². The number of fused-ring (bicyclic) bond motifs is 1. The number of imide groups is 1. The molecule has 0 unspecified atom stereocenters. The van der Waals surface area contributed by atoms with Crippen molar-refractivity contribution in [1.29, 1.82) is 0 Å². The highest BCUT2D eigenvalue weighted by Gasteiger charge is 2.34. The highest BCUT2D eigenvalue weighted by Crippen LogP contribution is 2.31. The van der Waals surface area contributed by atoms with Crippen molar-refractivity contribution in [2.75, 3.05) is 0 Å². The van der Waals surface area contributed by atoms with E-state index in [4.69, 9.17) is 0 Å². The summed E-state index contributed by atoms with van der Waals surface area (Å²) in [5, 5.41) is 9.48. The smallest absolute Gasteiger partial charge is 0.278 e. The molecule has 2 amide bonds. The summed E-state index contributed by atoms with van der Waals surface area (Å²) in [4.78, 5) is 25.2. The van der Waals surface area contributed by atoms with Crippen molar-refractivity contribution in [2.24, 2.45) is 0 Å². The van der Waals surface area contributed by atoms with Gasteiger partial charge in [0.1, 0.15) is 0 Å². The highest BCUT2D eigenvalue weighted by atomic mass is 32.2. The van der Waals surface area contributed by atoms with Crippen molar-refractivity contribution in [3.8, 4) is 0 Å². The predicted octanol–water partition coefficient (Wildman–Crippen LogP) is 3.13. The topological polar surface area (TPSA) is 57.6 Å². The molecule has 0 saturated heterocycles. The Hall–Kier alpha value is -2.11. The first-order valence-electron chi connectivity index (χ1n) is 6.02. The number of nitrogens with zero attached hydrogens (tertiary/aromatic N) is 1. The van der Waals surface area contributed by atoms with Crippen LogP contribution >= 0.6 is 11.8 Å². The lowest BCUT2D eigenvalue weighted by Gasteiger charge is -2.03. The number of amides is 2. The Morgan fingerprint density at radius 3 is 2.20 bits per heavy atom. The predicted molar refractivity (Wildman–Crippen MR) is 74.0 cm³/mol. The van der Waals surface area contributed by atoms with Crippen molar-refractivity contribution in [2.45, 2.75) is 16.7 Å². The van der Waals surface area contributed by atoms with Gasteiger partial charge in [-0.2, -0.15) is 0 Å². The fraction of sp³-hybridized carbons (Fsp3) is 0.0667. The van der Waals surface area contributed by atoms with Gasteiger partial charge in [0.2, 0.25) is 0 Å². The molecule has 0 atom stereocenters. The van der Waals surface area contributed by atoms with Gasteiger partial charge in [-0.1, -0.05) is 29.5 Å². The largest absolute Gasteiger partial charge is 0.285 e. The second kappa shape index (κ2) is 4.77. The molecule has 2 aromatic rings. The third-order valence-electron chi connectivity index (χ3n) is 3.09. The number of hydrogen-bond acceptors (Lipinski definition) is 4. The number of rotatable bonds is 2. The van der Waals surface area contributed by atoms with Crippen LogP contribution in [0.25, 0.3) is 0 Å². The quantitative estimate of drug-likeness (QED) is 0.680. The maximum atomic E-state index is 11.7. The molecule has 0 fully saturated rings. The molecule has 3 rings (SSSR count). The van der Waals surface area contributed by atoms with Gasteiger partial charge in [0.25, 0.3) is 11.8 Å². The van der Waals surface area contributed by atoms with Gasteiger partial charge >= 0.3 is 0 Å². The minimum Gasteiger partial charge on any atom is -0.278 e. The summed E-state index contributed by atoms with van der Waals surface area (Å²) >= 11 is 1.50. The van der Waals surface area contributed by atoms with Crippen LogP contribution in [-0.2, 0) is 0 Å². The third kappa shape index (κ3) is 2.11. The first kappa shape index (κ1) is 12.9. The minimum atomic E-state index is -0.670. The molecule has 100 valence electrons. The van der Waals surface area contributed by atoms with E-state index < -0.39 is 11.8 Å². The summed E-state index contributed by atoms with van der Waals surface area (Å²) < 4.78 is 0. The zero-order valence-corrected chi connectivity index (χ0v) is 11.5. The molecule has 0 saturated carbocycles. The highest BCUT2D eigenvalue weighted by molar-refractivity contribution is 7.99. The molecule has 1 aliphatic heterocycles. The molecule has 1 heterocycles. The molecule has 4 nitrogen and oxygen atoms in total.